The molecule has 10 heteroatoms. The molecule has 0 spiro atoms. The average molecular weight is 491 g/mol. The van der Waals surface area contributed by atoms with Crippen molar-refractivity contribution < 1.29 is 9.47 Å². The molecule has 1 aromatic carbocycles. The van der Waals surface area contributed by atoms with E-state index in [0.717, 1.165) is 57.6 Å². The number of fused-ring (bicyclic) bond motifs is 2. The van der Waals surface area contributed by atoms with Gasteiger partial charge in [-0.3, -0.25) is 0 Å². The Labute approximate surface area is 187 Å². The summed E-state index contributed by atoms with van der Waals surface area (Å²) in [6, 6.07) is 4.51. The Balaban J connectivity index is 1.42. The number of imidazole rings is 1. The Morgan fingerprint density at radius 3 is 2.93 bits per heavy atom. The number of hydrogen-bond acceptors (Lipinski definition) is 8. The standard InChI is InChI=1S/C20H23BrN6O2S/c21-13-8-14-15(29-11-28-14)9-16(13)30-20-26-17-18(22)24-10-25-19(17)27(20)7-3-5-12-4-1-2-6-23-12/h8-10,12,23H,1-7,11H2,(H2,22,24,25). The maximum atomic E-state index is 6.09. The number of aromatic nitrogens is 4. The van der Waals surface area contributed by atoms with Gasteiger partial charge in [-0.25, -0.2) is 15.0 Å². The van der Waals surface area contributed by atoms with Crippen molar-refractivity contribution in [1.29, 1.82) is 0 Å². The number of nitrogens with two attached hydrogens (primary N) is 1. The summed E-state index contributed by atoms with van der Waals surface area (Å²) in [6.07, 6.45) is 7.54. The molecule has 0 bridgehead atoms. The molecule has 158 valence electrons. The predicted octanol–water partition coefficient (Wildman–Crippen LogP) is 3.97. The van der Waals surface area contributed by atoms with Crippen molar-refractivity contribution >= 4 is 44.7 Å². The molecular weight excluding hydrogens is 468 g/mol. The normalized spacial score (nSPS) is 18.2. The van der Waals surface area contributed by atoms with Gasteiger partial charge in [0.05, 0.1) is 0 Å². The number of ether oxygens (including phenoxy) is 2. The number of nitrogen functional groups attached to an aromatic ring is 1. The van der Waals surface area contributed by atoms with Gasteiger partial charge in [0.2, 0.25) is 6.79 Å². The van der Waals surface area contributed by atoms with Crippen molar-refractivity contribution in [3.8, 4) is 11.5 Å². The molecule has 0 aliphatic carbocycles. The summed E-state index contributed by atoms with van der Waals surface area (Å²) < 4.78 is 14.1. The van der Waals surface area contributed by atoms with Crippen molar-refractivity contribution in [3.63, 3.8) is 0 Å². The van der Waals surface area contributed by atoms with Crippen LogP contribution in [0.4, 0.5) is 5.82 Å². The fourth-order valence-electron chi connectivity index (χ4n) is 3.95. The van der Waals surface area contributed by atoms with Crippen LogP contribution in [0.3, 0.4) is 0 Å². The summed E-state index contributed by atoms with van der Waals surface area (Å²) in [5.41, 5.74) is 7.51. The average Bonchev–Trinajstić information content (AvgIpc) is 3.34. The second-order valence-corrected chi connectivity index (χ2v) is 9.37. The second-order valence-electron chi connectivity index (χ2n) is 7.50. The van der Waals surface area contributed by atoms with Gasteiger partial charge >= 0.3 is 0 Å². The van der Waals surface area contributed by atoms with E-state index < -0.39 is 0 Å². The van der Waals surface area contributed by atoms with E-state index in [1.54, 1.807) is 11.8 Å². The van der Waals surface area contributed by atoms with Crippen LogP contribution in [0.15, 0.2) is 33.0 Å². The van der Waals surface area contributed by atoms with Gasteiger partial charge in [-0.05, 0) is 60.3 Å². The molecule has 2 aliphatic rings. The molecule has 1 fully saturated rings. The Bertz CT molecular complexity index is 1070. The van der Waals surface area contributed by atoms with Gasteiger partial charge < -0.3 is 25.1 Å². The van der Waals surface area contributed by atoms with Crippen LogP contribution in [0.5, 0.6) is 11.5 Å². The van der Waals surface area contributed by atoms with E-state index in [0.29, 0.717) is 17.4 Å². The van der Waals surface area contributed by atoms with Crippen molar-refractivity contribution in [2.75, 3.05) is 19.1 Å². The Morgan fingerprint density at radius 1 is 1.23 bits per heavy atom. The summed E-state index contributed by atoms with van der Waals surface area (Å²) in [7, 11) is 0. The van der Waals surface area contributed by atoms with Crippen LogP contribution in [-0.2, 0) is 6.54 Å². The fourth-order valence-corrected chi connectivity index (χ4v) is 5.46. The maximum absolute atomic E-state index is 6.09. The molecular formula is C20H23BrN6O2S. The second kappa shape index (κ2) is 8.60. The minimum absolute atomic E-state index is 0.246. The van der Waals surface area contributed by atoms with E-state index in [-0.39, 0.29) is 6.79 Å². The zero-order valence-corrected chi connectivity index (χ0v) is 18.8. The minimum Gasteiger partial charge on any atom is -0.454 e. The van der Waals surface area contributed by atoms with Crippen molar-refractivity contribution in [2.24, 2.45) is 0 Å². The molecule has 3 aromatic rings. The highest BCUT2D eigenvalue weighted by atomic mass is 79.9. The molecule has 0 radical (unpaired) electrons. The topological polar surface area (TPSA) is 100 Å². The third kappa shape index (κ3) is 3.95. The number of halogens is 1. The first-order chi connectivity index (χ1) is 14.7. The maximum Gasteiger partial charge on any atom is 0.231 e. The van der Waals surface area contributed by atoms with Crippen LogP contribution in [0.1, 0.15) is 32.1 Å². The first-order valence-corrected chi connectivity index (χ1v) is 11.8. The summed E-state index contributed by atoms with van der Waals surface area (Å²) in [5, 5.41) is 4.46. The zero-order chi connectivity index (χ0) is 20.5. The highest BCUT2D eigenvalue weighted by Crippen LogP contribution is 2.43. The molecule has 0 amide bonds. The van der Waals surface area contributed by atoms with Gasteiger partial charge in [0, 0.05) is 22.0 Å². The van der Waals surface area contributed by atoms with Gasteiger partial charge in [0.25, 0.3) is 0 Å². The molecule has 8 nitrogen and oxygen atoms in total. The summed E-state index contributed by atoms with van der Waals surface area (Å²) in [6.45, 7) is 2.20. The molecule has 0 saturated carbocycles. The van der Waals surface area contributed by atoms with Gasteiger partial charge in [0.15, 0.2) is 33.6 Å². The van der Waals surface area contributed by atoms with E-state index >= 15 is 0 Å². The number of benzene rings is 1. The molecule has 1 atom stereocenters. The molecule has 5 rings (SSSR count). The van der Waals surface area contributed by atoms with Gasteiger partial charge in [-0.1, -0.05) is 18.2 Å². The van der Waals surface area contributed by atoms with Crippen LogP contribution in [0.2, 0.25) is 0 Å². The largest absolute Gasteiger partial charge is 0.454 e. The van der Waals surface area contributed by atoms with E-state index in [2.05, 4.69) is 35.8 Å². The summed E-state index contributed by atoms with van der Waals surface area (Å²) in [5.74, 6) is 1.89. The quantitative estimate of drug-likeness (QED) is 0.535. The molecule has 4 heterocycles. The Kier molecular flexibility index (Phi) is 5.70. The summed E-state index contributed by atoms with van der Waals surface area (Å²) >= 11 is 5.20. The lowest BCUT2D eigenvalue weighted by Gasteiger charge is -2.23. The number of nitrogens with one attached hydrogen (secondary N) is 1. The number of aryl methyl sites for hydroxylation is 1. The lowest BCUT2D eigenvalue weighted by molar-refractivity contribution is 0.174. The predicted molar refractivity (Wildman–Crippen MR) is 119 cm³/mol. The first-order valence-electron chi connectivity index (χ1n) is 10.2. The van der Waals surface area contributed by atoms with E-state index in [1.807, 2.05) is 12.1 Å². The van der Waals surface area contributed by atoms with Gasteiger partial charge in [-0.2, -0.15) is 0 Å². The lowest BCUT2D eigenvalue weighted by Crippen LogP contribution is -2.33. The van der Waals surface area contributed by atoms with E-state index in [1.165, 1.54) is 25.6 Å². The first kappa shape index (κ1) is 19.9. The number of nitrogens with zero attached hydrogens (tertiary/aromatic N) is 4. The monoisotopic (exact) mass is 490 g/mol. The van der Waals surface area contributed by atoms with Crippen LogP contribution in [0, 0.1) is 0 Å². The number of hydrogen-bond donors (Lipinski definition) is 2. The highest BCUT2D eigenvalue weighted by molar-refractivity contribution is 9.10. The number of anilines is 1. The van der Waals surface area contributed by atoms with E-state index in [4.69, 9.17) is 20.2 Å². The summed E-state index contributed by atoms with van der Waals surface area (Å²) in [4.78, 5) is 14.4. The molecule has 2 aliphatic heterocycles. The molecule has 2 aromatic heterocycles. The van der Waals surface area contributed by atoms with Crippen LogP contribution in [-0.4, -0.2) is 38.9 Å². The van der Waals surface area contributed by atoms with Gasteiger partial charge in [-0.15, -0.1) is 0 Å². The fraction of sp³-hybridized carbons (Fsp3) is 0.450. The van der Waals surface area contributed by atoms with Crippen LogP contribution >= 0.6 is 27.7 Å². The SMILES string of the molecule is Nc1ncnc2c1nc(Sc1cc3c(cc1Br)OCO3)n2CCCC1CCCCN1. The molecule has 30 heavy (non-hydrogen) atoms. The lowest BCUT2D eigenvalue weighted by atomic mass is 10.0. The highest BCUT2D eigenvalue weighted by Gasteiger charge is 2.21. The third-order valence-electron chi connectivity index (χ3n) is 5.50. The zero-order valence-electron chi connectivity index (χ0n) is 16.4. The molecule has 1 unspecified atom stereocenters. The van der Waals surface area contributed by atoms with Crippen LogP contribution < -0.4 is 20.5 Å². The number of rotatable bonds is 6. The van der Waals surface area contributed by atoms with Gasteiger partial charge in [0.1, 0.15) is 6.33 Å². The van der Waals surface area contributed by atoms with Crippen molar-refractivity contribution in [2.45, 2.75) is 54.7 Å². The third-order valence-corrected chi connectivity index (χ3v) is 7.47. The Hall–Kier alpha value is -2.04. The minimum atomic E-state index is 0.246. The number of piperidine rings is 1. The molecule has 1 saturated heterocycles. The molecule has 3 N–H and O–H groups in total. The van der Waals surface area contributed by atoms with Crippen molar-refractivity contribution in [3.05, 3.63) is 22.9 Å². The van der Waals surface area contributed by atoms with Crippen LogP contribution in [0.25, 0.3) is 11.2 Å². The Morgan fingerprint density at radius 2 is 2.10 bits per heavy atom. The smallest absolute Gasteiger partial charge is 0.231 e. The van der Waals surface area contributed by atoms with E-state index in [9.17, 15) is 0 Å². The van der Waals surface area contributed by atoms with Crippen molar-refractivity contribution in [1.82, 2.24) is 24.8 Å².